The predicted octanol–water partition coefficient (Wildman–Crippen LogP) is 7.80. The molecule has 0 aliphatic rings. The molecule has 4 nitrogen and oxygen atoms in total. The van der Waals surface area contributed by atoms with Crippen LogP contribution in [0.4, 0.5) is 0 Å². The first-order valence-corrected chi connectivity index (χ1v) is 12.7. The molecule has 0 bridgehead atoms. The molecule has 0 spiro atoms. The average Bonchev–Trinajstić information content (AvgIpc) is 3.30. The molecule has 0 atom stereocenters. The third-order valence-electron chi connectivity index (χ3n) is 7.37. The van der Waals surface area contributed by atoms with E-state index in [1.54, 1.807) is 12.3 Å². The number of rotatable bonds is 5. The first kappa shape index (κ1) is 26.6. The fourth-order valence-electron chi connectivity index (χ4n) is 5.08. The Morgan fingerprint density at radius 2 is 1.46 bits per heavy atom. The number of imidazole rings is 1. The van der Waals surface area contributed by atoms with Crippen molar-refractivity contribution < 1.29 is 26.2 Å². The third-order valence-corrected chi connectivity index (χ3v) is 7.37. The van der Waals surface area contributed by atoms with Crippen molar-refractivity contribution in [1.82, 2.24) is 14.5 Å². The van der Waals surface area contributed by atoms with Gasteiger partial charge in [-0.1, -0.05) is 85.6 Å². The summed E-state index contributed by atoms with van der Waals surface area (Å²) < 4.78 is 2.07. The second kappa shape index (κ2) is 10.6. The summed E-state index contributed by atoms with van der Waals surface area (Å²) in [4.78, 5) is 9.62. The molecule has 0 fully saturated rings. The van der Waals surface area contributed by atoms with E-state index >= 15 is 0 Å². The van der Waals surface area contributed by atoms with E-state index in [9.17, 15) is 5.11 Å². The number of aromatic hydroxyl groups is 1. The van der Waals surface area contributed by atoms with Crippen LogP contribution in [0.1, 0.15) is 25.0 Å². The molecular formula is C34H28N3OPt-. The van der Waals surface area contributed by atoms with Gasteiger partial charge in [0.2, 0.25) is 0 Å². The van der Waals surface area contributed by atoms with E-state index in [1.165, 1.54) is 11.1 Å². The van der Waals surface area contributed by atoms with Gasteiger partial charge in [-0.25, -0.2) is 4.98 Å². The molecule has 0 saturated heterocycles. The maximum absolute atomic E-state index is 10.6. The SMILES string of the molecule is Cn1c(-c2ccccc2O)nc2c(-c3[c-]c(-c4ccccn4)ccc3)cc(C(C)(C)c3ccccc3)cc21.[Pt]. The molecule has 5 heteroatoms. The van der Waals surface area contributed by atoms with Crippen LogP contribution < -0.4 is 0 Å². The molecule has 6 aromatic rings. The second-order valence-electron chi connectivity index (χ2n) is 10.1. The molecule has 0 saturated carbocycles. The summed E-state index contributed by atoms with van der Waals surface area (Å²) in [5.41, 5.74) is 8.48. The minimum absolute atomic E-state index is 0. The smallest absolute Gasteiger partial charge is 0.143 e. The number of phenols is 1. The van der Waals surface area contributed by atoms with Gasteiger partial charge in [0.1, 0.15) is 11.6 Å². The molecule has 0 aliphatic heterocycles. The molecule has 0 amide bonds. The van der Waals surface area contributed by atoms with Crippen molar-refractivity contribution in [2.75, 3.05) is 0 Å². The number of hydrogen-bond acceptors (Lipinski definition) is 3. The van der Waals surface area contributed by atoms with Gasteiger partial charge in [-0.3, -0.25) is 4.98 Å². The van der Waals surface area contributed by atoms with Crippen molar-refractivity contribution in [3.63, 3.8) is 0 Å². The van der Waals surface area contributed by atoms with E-state index in [4.69, 9.17) is 4.98 Å². The number of pyridine rings is 1. The van der Waals surface area contributed by atoms with Gasteiger partial charge in [0.25, 0.3) is 0 Å². The van der Waals surface area contributed by atoms with Crippen LogP contribution in [-0.4, -0.2) is 19.6 Å². The Kier molecular flexibility index (Phi) is 7.25. The van der Waals surface area contributed by atoms with Crippen LogP contribution in [0.3, 0.4) is 0 Å². The molecule has 4 aromatic carbocycles. The van der Waals surface area contributed by atoms with E-state index in [2.05, 4.69) is 71.9 Å². The van der Waals surface area contributed by atoms with Crippen LogP contribution >= 0.6 is 0 Å². The Morgan fingerprint density at radius 3 is 2.21 bits per heavy atom. The molecule has 0 aliphatic carbocycles. The maximum Gasteiger partial charge on any atom is 0.143 e. The molecule has 39 heavy (non-hydrogen) atoms. The van der Waals surface area contributed by atoms with Gasteiger partial charge in [-0.05, 0) is 35.4 Å². The van der Waals surface area contributed by atoms with Crippen LogP contribution in [0.25, 0.3) is 44.8 Å². The minimum atomic E-state index is -0.248. The zero-order valence-electron chi connectivity index (χ0n) is 22.0. The first-order valence-electron chi connectivity index (χ1n) is 12.7. The first-order chi connectivity index (χ1) is 18.4. The van der Waals surface area contributed by atoms with E-state index in [0.717, 1.165) is 39.2 Å². The van der Waals surface area contributed by atoms with Crippen LogP contribution in [0.15, 0.2) is 109 Å². The van der Waals surface area contributed by atoms with Gasteiger partial charge < -0.3 is 9.67 Å². The molecule has 0 radical (unpaired) electrons. The largest absolute Gasteiger partial charge is 0.507 e. The van der Waals surface area contributed by atoms with Crippen molar-refractivity contribution in [3.05, 3.63) is 127 Å². The molecular weight excluding hydrogens is 661 g/mol. The maximum atomic E-state index is 10.6. The summed E-state index contributed by atoms with van der Waals surface area (Å²) in [5.74, 6) is 0.927. The molecule has 0 unspecified atom stereocenters. The Bertz CT molecular complexity index is 1760. The minimum Gasteiger partial charge on any atom is -0.507 e. The number of phenolic OH excluding ortho intramolecular Hbond substituents is 1. The summed E-state index contributed by atoms with van der Waals surface area (Å²) in [6, 6.07) is 38.0. The zero-order valence-corrected chi connectivity index (χ0v) is 24.3. The third kappa shape index (κ3) is 4.81. The van der Waals surface area contributed by atoms with Gasteiger partial charge in [0.05, 0.1) is 16.6 Å². The number of hydrogen-bond donors (Lipinski definition) is 1. The number of para-hydroxylation sites is 1. The van der Waals surface area contributed by atoms with Crippen molar-refractivity contribution in [2.45, 2.75) is 19.3 Å². The monoisotopic (exact) mass is 689 g/mol. The summed E-state index contributed by atoms with van der Waals surface area (Å²) >= 11 is 0. The van der Waals surface area contributed by atoms with Gasteiger partial charge in [0.15, 0.2) is 0 Å². The van der Waals surface area contributed by atoms with Gasteiger partial charge >= 0.3 is 0 Å². The van der Waals surface area contributed by atoms with E-state index < -0.39 is 0 Å². The summed E-state index contributed by atoms with van der Waals surface area (Å²) in [7, 11) is 2.01. The van der Waals surface area contributed by atoms with Crippen LogP contribution in [0.2, 0.25) is 0 Å². The molecule has 196 valence electrons. The zero-order chi connectivity index (χ0) is 26.3. The van der Waals surface area contributed by atoms with Gasteiger partial charge in [-0.2, -0.15) is 0 Å². The fraction of sp³-hybridized carbons (Fsp3) is 0.118. The topological polar surface area (TPSA) is 50.9 Å². The quantitative estimate of drug-likeness (QED) is 0.188. The van der Waals surface area contributed by atoms with Crippen LogP contribution in [-0.2, 0) is 33.5 Å². The van der Waals surface area contributed by atoms with Crippen molar-refractivity contribution in [1.29, 1.82) is 0 Å². The van der Waals surface area contributed by atoms with Crippen LogP contribution in [0.5, 0.6) is 5.75 Å². The normalized spacial score (nSPS) is 11.4. The predicted molar refractivity (Wildman–Crippen MR) is 154 cm³/mol. The average molecular weight is 690 g/mol. The summed E-state index contributed by atoms with van der Waals surface area (Å²) in [6.07, 6.45) is 1.80. The van der Waals surface area contributed by atoms with Crippen molar-refractivity contribution in [2.24, 2.45) is 7.05 Å². The van der Waals surface area contributed by atoms with E-state index in [-0.39, 0.29) is 32.2 Å². The van der Waals surface area contributed by atoms with Crippen molar-refractivity contribution >= 4 is 11.0 Å². The fourth-order valence-corrected chi connectivity index (χ4v) is 5.08. The summed E-state index contributed by atoms with van der Waals surface area (Å²) in [6.45, 7) is 4.50. The molecule has 2 heterocycles. The van der Waals surface area contributed by atoms with E-state index in [0.29, 0.717) is 5.56 Å². The number of aryl methyl sites for hydroxylation is 1. The standard InChI is InChI=1S/C34H28N3O.Pt/c1-34(2,25-14-5-4-6-15-25)26-21-28(23-12-11-13-24(20-23)29-17-9-10-19-35-29)32-30(22-26)37(3)33(36-32)27-16-7-8-18-31(27)38;/h4-19,21-22,38H,1-3H3;/q-1;. The number of benzene rings is 4. The van der Waals surface area contributed by atoms with Gasteiger partial charge in [-0.15, -0.1) is 29.8 Å². The molecule has 6 rings (SSSR count). The van der Waals surface area contributed by atoms with E-state index in [1.807, 2.05) is 61.6 Å². The molecule has 1 N–H and O–H groups in total. The molecule has 2 aromatic heterocycles. The number of aromatic nitrogens is 3. The van der Waals surface area contributed by atoms with Crippen LogP contribution in [0, 0.1) is 6.07 Å². The Morgan fingerprint density at radius 1 is 0.744 bits per heavy atom. The Balaban J connectivity index is 0.00000308. The van der Waals surface area contributed by atoms with Gasteiger partial charge in [0, 0.05) is 45.4 Å². The summed E-state index contributed by atoms with van der Waals surface area (Å²) in [5, 5.41) is 10.6. The number of nitrogens with zero attached hydrogens (tertiary/aromatic N) is 3. The Hall–Kier alpha value is -4.01. The number of fused-ring (bicyclic) bond motifs is 1. The second-order valence-corrected chi connectivity index (χ2v) is 10.1. The van der Waals surface area contributed by atoms with Crippen molar-refractivity contribution in [3.8, 4) is 39.5 Å². The Labute approximate surface area is 243 Å².